The first kappa shape index (κ1) is 44.4. The quantitative estimate of drug-likeness (QED) is 0.0773. The number of carbonyl (C=O) groups is 2. The SMILES string of the molecule is COC[C@H]1C[C@]2(OP(OCCC#N)N(C(C)C)C(C)C)[C@H](O1)[C@H](N1CC(C)C(=O)NC1=O)O[C@@H]2COC(c1ccccc1)(c1ccc(OC)cc1)c1ccc(OC)cc1. The topological polar surface area (TPSA) is 150 Å². The number of benzene rings is 3. The zero-order valence-electron chi connectivity index (χ0n) is 35.2. The third kappa shape index (κ3) is 9.14. The fraction of sp³-hybridized carbons (Fsp3) is 0.523. The smallest absolute Gasteiger partial charge is 0.326 e. The number of hydrogen-bond donors (Lipinski definition) is 1. The lowest BCUT2D eigenvalue weighted by Gasteiger charge is -2.43. The van der Waals surface area contributed by atoms with Crippen LogP contribution >= 0.6 is 8.53 Å². The Labute approximate surface area is 348 Å². The number of nitriles is 1. The number of nitrogens with one attached hydrogen (secondary N) is 1. The number of carbonyl (C=O) groups excluding carboxylic acids is 2. The van der Waals surface area contributed by atoms with Crippen molar-refractivity contribution in [1.29, 1.82) is 5.26 Å². The minimum absolute atomic E-state index is 0.00133. The number of nitrogens with zero attached hydrogens (tertiary/aromatic N) is 3. The van der Waals surface area contributed by atoms with Gasteiger partial charge in [0.1, 0.15) is 34.9 Å². The van der Waals surface area contributed by atoms with Gasteiger partial charge in [0.05, 0.1) is 58.6 Å². The highest BCUT2D eigenvalue weighted by Crippen LogP contribution is 2.58. The molecule has 0 radical (unpaired) electrons. The van der Waals surface area contributed by atoms with Gasteiger partial charge in [0.25, 0.3) is 8.53 Å². The van der Waals surface area contributed by atoms with Crippen molar-refractivity contribution in [3.05, 3.63) is 95.6 Å². The molecule has 3 saturated heterocycles. The molecule has 3 aliphatic heterocycles. The van der Waals surface area contributed by atoms with Crippen LogP contribution in [0.1, 0.15) is 64.2 Å². The first-order valence-electron chi connectivity index (χ1n) is 20.1. The third-order valence-corrected chi connectivity index (χ3v) is 13.3. The van der Waals surface area contributed by atoms with E-state index in [1.165, 1.54) is 4.90 Å². The van der Waals surface area contributed by atoms with Crippen molar-refractivity contribution in [2.75, 3.05) is 47.7 Å². The maximum absolute atomic E-state index is 13.7. The van der Waals surface area contributed by atoms with Crippen molar-refractivity contribution >= 4 is 20.5 Å². The molecule has 59 heavy (non-hydrogen) atoms. The van der Waals surface area contributed by atoms with E-state index < -0.39 is 56.2 Å². The lowest BCUT2D eigenvalue weighted by Crippen LogP contribution is -2.60. The molecule has 0 aromatic heterocycles. The normalized spacial score (nSPS) is 25.0. The van der Waals surface area contributed by atoms with Gasteiger partial charge in [-0.05, 0) is 68.7 Å². The van der Waals surface area contributed by atoms with E-state index >= 15 is 0 Å². The van der Waals surface area contributed by atoms with E-state index in [2.05, 4.69) is 43.8 Å². The first-order chi connectivity index (χ1) is 28.4. The molecule has 3 fully saturated rings. The average Bonchev–Trinajstić information content (AvgIpc) is 3.72. The molecule has 3 aromatic carbocycles. The molecule has 3 aromatic rings. The van der Waals surface area contributed by atoms with Crippen LogP contribution in [0.3, 0.4) is 0 Å². The van der Waals surface area contributed by atoms with Crippen LogP contribution in [0.15, 0.2) is 78.9 Å². The largest absolute Gasteiger partial charge is 0.497 e. The Balaban J connectivity index is 1.52. The number of amides is 3. The first-order valence-corrected chi connectivity index (χ1v) is 21.2. The number of rotatable bonds is 19. The van der Waals surface area contributed by atoms with Gasteiger partial charge in [0.15, 0.2) is 6.23 Å². The molecular weight excluding hydrogens is 775 g/mol. The highest BCUT2D eigenvalue weighted by molar-refractivity contribution is 7.44. The Bertz CT molecular complexity index is 1840. The van der Waals surface area contributed by atoms with Crippen molar-refractivity contribution in [2.45, 2.75) is 95.3 Å². The van der Waals surface area contributed by atoms with Crippen LogP contribution in [0.25, 0.3) is 0 Å². The van der Waals surface area contributed by atoms with Gasteiger partial charge in [-0.25, -0.2) is 9.46 Å². The second-order valence-electron chi connectivity index (χ2n) is 15.6. The summed E-state index contributed by atoms with van der Waals surface area (Å²) in [5, 5.41) is 12.0. The summed E-state index contributed by atoms with van der Waals surface area (Å²) in [6, 6.07) is 27.1. The predicted octanol–water partition coefficient (Wildman–Crippen LogP) is 6.76. The van der Waals surface area contributed by atoms with Crippen molar-refractivity contribution in [2.24, 2.45) is 5.92 Å². The summed E-state index contributed by atoms with van der Waals surface area (Å²) in [5.41, 5.74) is 0.0361. The van der Waals surface area contributed by atoms with E-state index in [4.69, 9.17) is 37.5 Å². The number of ether oxygens (including phenoxy) is 6. The average molecular weight is 833 g/mol. The standard InChI is InChI=1S/C44H57N4O10P/c1-29(2)48(30(3)4)59(55-24-12-23-45)58-43-25-37(27-51-6)56-39(43)41(47-26-31(5)40(49)46-42(47)50)57-38(43)28-54-44(32-13-10-9-11-14-32,33-15-19-35(52-7)20-16-33)34-17-21-36(53-8)22-18-34/h9-11,13-22,29-31,37-39,41H,12,24-28H2,1-8H3,(H,46,49,50)/t31?,37-,38-,39-,41-,43-,59?/m1/s1. The summed E-state index contributed by atoms with van der Waals surface area (Å²) in [5.74, 6) is 0.513. The molecule has 3 heterocycles. The van der Waals surface area contributed by atoms with Crippen LogP contribution in [0.5, 0.6) is 11.5 Å². The van der Waals surface area contributed by atoms with E-state index in [9.17, 15) is 14.9 Å². The number of methoxy groups -OCH3 is 3. The van der Waals surface area contributed by atoms with Gasteiger partial charge >= 0.3 is 6.03 Å². The minimum Gasteiger partial charge on any atom is -0.497 e. The molecule has 3 aliphatic rings. The molecule has 3 amide bonds. The molecule has 0 aliphatic carbocycles. The van der Waals surface area contributed by atoms with Gasteiger partial charge in [-0.3, -0.25) is 15.0 Å². The highest BCUT2D eigenvalue weighted by atomic mass is 31.2. The molecule has 0 saturated carbocycles. The van der Waals surface area contributed by atoms with Crippen molar-refractivity contribution in [3.8, 4) is 17.6 Å². The Kier molecular flexibility index (Phi) is 14.7. The van der Waals surface area contributed by atoms with Gasteiger partial charge in [-0.1, -0.05) is 61.5 Å². The molecule has 7 atom stereocenters. The molecular formula is C44H57N4O10P. The Morgan fingerprint density at radius 3 is 2.03 bits per heavy atom. The molecule has 0 bridgehead atoms. The van der Waals surface area contributed by atoms with E-state index in [1.54, 1.807) is 28.3 Å². The van der Waals surface area contributed by atoms with E-state index in [0.717, 1.165) is 16.7 Å². The van der Waals surface area contributed by atoms with Gasteiger partial charge in [0, 0.05) is 32.2 Å². The predicted molar refractivity (Wildman–Crippen MR) is 221 cm³/mol. The zero-order valence-corrected chi connectivity index (χ0v) is 36.1. The van der Waals surface area contributed by atoms with Crippen molar-refractivity contribution in [3.63, 3.8) is 0 Å². The lowest BCUT2D eigenvalue weighted by molar-refractivity contribution is -0.143. The van der Waals surface area contributed by atoms with E-state index in [-0.39, 0.29) is 50.8 Å². The van der Waals surface area contributed by atoms with Gasteiger partial charge in [-0.2, -0.15) is 5.26 Å². The fourth-order valence-electron chi connectivity index (χ4n) is 8.35. The Morgan fingerprint density at radius 1 is 0.898 bits per heavy atom. The van der Waals surface area contributed by atoms with Crippen LogP contribution in [-0.2, 0) is 38.4 Å². The molecule has 6 rings (SSSR count). The van der Waals surface area contributed by atoms with E-state index in [1.807, 2.05) is 78.9 Å². The summed E-state index contributed by atoms with van der Waals surface area (Å²) in [6.07, 6.45) is -2.65. The minimum atomic E-state index is -1.84. The number of fused-ring (bicyclic) bond motifs is 1. The van der Waals surface area contributed by atoms with Crippen LogP contribution in [0.2, 0.25) is 0 Å². The van der Waals surface area contributed by atoms with Gasteiger partial charge in [0.2, 0.25) is 5.91 Å². The second kappa shape index (κ2) is 19.5. The molecule has 0 spiro atoms. The summed E-state index contributed by atoms with van der Waals surface area (Å²) in [4.78, 5) is 27.9. The summed E-state index contributed by atoms with van der Waals surface area (Å²) >= 11 is 0. The summed E-state index contributed by atoms with van der Waals surface area (Å²) < 4.78 is 54.2. The number of urea groups is 1. The lowest BCUT2D eigenvalue weighted by atomic mass is 9.79. The Morgan fingerprint density at radius 2 is 1.49 bits per heavy atom. The molecule has 15 heteroatoms. The number of imide groups is 1. The van der Waals surface area contributed by atoms with Crippen LogP contribution in [0, 0.1) is 17.2 Å². The van der Waals surface area contributed by atoms with Crippen molar-refractivity contribution in [1.82, 2.24) is 14.9 Å². The fourth-order valence-corrected chi connectivity index (χ4v) is 10.2. The molecule has 2 unspecified atom stereocenters. The Hall–Kier alpha value is -4.16. The summed E-state index contributed by atoms with van der Waals surface area (Å²) in [7, 11) is 3.02. The monoisotopic (exact) mass is 832 g/mol. The molecule has 14 nitrogen and oxygen atoms in total. The van der Waals surface area contributed by atoms with Gasteiger partial charge in [-0.15, -0.1) is 0 Å². The third-order valence-electron chi connectivity index (χ3n) is 11.1. The highest BCUT2D eigenvalue weighted by Gasteiger charge is 2.67. The van der Waals surface area contributed by atoms with Crippen LogP contribution < -0.4 is 14.8 Å². The maximum Gasteiger partial charge on any atom is 0.326 e. The maximum atomic E-state index is 13.7. The zero-order chi connectivity index (χ0) is 42.3. The van der Waals surface area contributed by atoms with Crippen LogP contribution in [0.4, 0.5) is 4.79 Å². The molecule has 1 N–H and O–H groups in total. The second-order valence-corrected chi connectivity index (χ2v) is 17.0. The summed E-state index contributed by atoms with van der Waals surface area (Å²) in [6.45, 7) is 10.5. The van der Waals surface area contributed by atoms with Gasteiger partial charge < -0.3 is 37.5 Å². The number of hydrogen-bond acceptors (Lipinski definition) is 12. The molecule has 318 valence electrons. The van der Waals surface area contributed by atoms with Crippen LogP contribution in [-0.4, -0.2) is 111 Å². The van der Waals surface area contributed by atoms with Crippen molar-refractivity contribution < 1.29 is 47.1 Å². The van der Waals surface area contributed by atoms with E-state index in [0.29, 0.717) is 17.9 Å².